The van der Waals surface area contributed by atoms with Crippen molar-refractivity contribution < 1.29 is 14.6 Å². The molecule has 0 aliphatic carbocycles. The zero-order valence-corrected chi connectivity index (χ0v) is 8.04. The molecule has 3 heteroatoms. The van der Waals surface area contributed by atoms with Crippen LogP contribution in [0.3, 0.4) is 0 Å². The molecule has 1 aliphatic rings. The van der Waals surface area contributed by atoms with Crippen molar-refractivity contribution in [1.29, 1.82) is 0 Å². The minimum Gasteiger partial charge on any atom is -0.396 e. The summed E-state index contributed by atoms with van der Waals surface area (Å²) in [6.07, 6.45) is 1.07. The van der Waals surface area contributed by atoms with Gasteiger partial charge >= 0.3 is 0 Å². The predicted octanol–water partition coefficient (Wildman–Crippen LogP) is 1.16. The molecule has 3 nitrogen and oxygen atoms in total. The highest BCUT2D eigenvalue weighted by Crippen LogP contribution is 2.27. The van der Waals surface area contributed by atoms with Crippen molar-refractivity contribution in [1.82, 2.24) is 0 Å². The van der Waals surface area contributed by atoms with E-state index >= 15 is 0 Å². The molecule has 1 rings (SSSR count). The van der Waals surface area contributed by atoms with Crippen LogP contribution < -0.4 is 0 Å². The summed E-state index contributed by atoms with van der Waals surface area (Å²) in [7, 11) is 0. The van der Waals surface area contributed by atoms with E-state index in [4.69, 9.17) is 14.6 Å². The van der Waals surface area contributed by atoms with Crippen molar-refractivity contribution >= 4 is 0 Å². The monoisotopic (exact) mass is 174 g/mol. The fraction of sp³-hybridized carbons (Fsp3) is 1.00. The molecule has 72 valence electrons. The lowest BCUT2D eigenvalue weighted by Crippen LogP contribution is -2.46. The van der Waals surface area contributed by atoms with Gasteiger partial charge < -0.3 is 14.6 Å². The molecule has 1 aliphatic heterocycles. The average molecular weight is 174 g/mol. The maximum absolute atomic E-state index is 9.00. The summed E-state index contributed by atoms with van der Waals surface area (Å²) in [6, 6.07) is 0. The van der Waals surface area contributed by atoms with Gasteiger partial charge in [-0.1, -0.05) is 6.92 Å². The Morgan fingerprint density at radius 1 is 1.50 bits per heavy atom. The molecule has 1 fully saturated rings. The van der Waals surface area contributed by atoms with Crippen LogP contribution in [0.2, 0.25) is 0 Å². The Hall–Kier alpha value is -0.120. The molecule has 0 bridgehead atoms. The van der Waals surface area contributed by atoms with E-state index in [2.05, 4.69) is 6.92 Å². The normalized spacial score (nSPS) is 35.0. The Morgan fingerprint density at radius 2 is 2.17 bits per heavy atom. The highest BCUT2D eigenvalue weighted by molar-refractivity contribution is 4.75. The Labute approximate surface area is 73.7 Å². The third-order valence-electron chi connectivity index (χ3n) is 2.24. The van der Waals surface area contributed by atoms with Gasteiger partial charge in [0.1, 0.15) is 0 Å². The molecule has 0 spiro atoms. The van der Waals surface area contributed by atoms with E-state index in [1.165, 1.54) is 0 Å². The first kappa shape index (κ1) is 9.96. The Morgan fingerprint density at radius 3 is 2.67 bits per heavy atom. The zero-order chi connectivity index (χ0) is 9.19. The third kappa shape index (κ3) is 2.19. The van der Waals surface area contributed by atoms with Crippen molar-refractivity contribution in [3.8, 4) is 0 Å². The van der Waals surface area contributed by atoms with Crippen LogP contribution in [0.5, 0.6) is 0 Å². The van der Waals surface area contributed by atoms with Crippen molar-refractivity contribution in [3.63, 3.8) is 0 Å². The summed E-state index contributed by atoms with van der Waals surface area (Å²) < 4.78 is 11.1. The van der Waals surface area contributed by atoms with Crippen LogP contribution >= 0.6 is 0 Å². The first-order chi connectivity index (χ1) is 5.59. The Kier molecular flexibility index (Phi) is 3.09. The Bertz CT molecular complexity index is 145. The lowest BCUT2D eigenvalue weighted by Gasteiger charge is -2.40. The van der Waals surface area contributed by atoms with Crippen molar-refractivity contribution in [2.45, 2.75) is 39.1 Å². The van der Waals surface area contributed by atoms with Gasteiger partial charge in [-0.3, -0.25) is 0 Å². The minimum atomic E-state index is -0.480. The lowest BCUT2D eigenvalue weighted by atomic mass is 10.0. The van der Waals surface area contributed by atoms with Gasteiger partial charge in [0.15, 0.2) is 5.79 Å². The number of ether oxygens (including phenoxy) is 2. The molecule has 0 aromatic carbocycles. The van der Waals surface area contributed by atoms with Gasteiger partial charge in [0.25, 0.3) is 0 Å². The molecule has 0 unspecified atom stereocenters. The second kappa shape index (κ2) is 3.73. The molecule has 1 heterocycles. The summed E-state index contributed by atoms with van der Waals surface area (Å²) >= 11 is 0. The quantitative estimate of drug-likeness (QED) is 0.682. The maximum atomic E-state index is 9.00. The van der Waals surface area contributed by atoms with Gasteiger partial charge in [0, 0.05) is 5.92 Å². The fourth-order valence-electron chi connectivity index (χ4n) is 1.50. The van der Waals surface area contributed by atoms with Crippen LogP contribution in [0.1, 0.15) is 27.2 Å². The van der Waals surface area contributed by atoms with Crippen molar-refractivity contribution in [2.24, 2.45) is 5.92 Å². The van der Waals surface area contributed by atoms with Gasteiger partial charge in [-0.25, -0.2) is 0 Å². The third-order valence-corrected chi connectivity index (χ3v) is 2.24. The van der Waals surface area contributed by atoms with Gasteiger partial charge in [-0.15, -0.1) is 0 Å². The number of rotatable bonds is 2. The fourth-order valence-corrected chi connectivity index (χ4v) is 1.50. The molecule has 1 N–H and O–H groups in total. The number of hydrogen-bond acceptors (Lipinski definition) is 3. The summed E-state index contributed by atoms with van der Waals surface area (Å²) in [6.45, 7) is 6.62. The van der Waals surface area contributed by atoms with E-state index < -0.39 is 5.79 Å². The predicted molar refractivity (Wildman–Crippen MR) is 45.8 cm³/mol. The largest absolute Gasteiger partial charge is 0.396 e. The van der Waals surface area contributed by atoms with E-state index in [0.29, 0.717) is 6.61 Å². The molecule has 12 heavy (non-hydrogen) atoms. The molecule has 0 aromatic rings. The number of aliphatic hydroxyl groups is 1. The topological polar surface area (TPSA) is 38.7 Å². The molecule has 0 aromatic heterocycles. The molecule has 0 amide bonds. The molecule has 2 atom stereocenters. The lowest BCUT2D eigenvalue weighted by molar-refractivity contribution is -0.296. The molecule has 0 saturated carbocycles. The van der Waals surface area contributed by atoms with Crippen LogP contribution in [0.4, 0.5) is 0 Å². The number of aliphatic hydroxyl groups excluding tert-OH is 1. The molecule has 0 radical (unpaired) electrons. The first-order valence-corrected chi connectivity index (χ1v) is 4.51. The van der Waals surface area contributed by atoms with Crippen LogP contribution in [0.25, 0.3) is 0 Å². The standard InChI is InChI=1S/C9H18O3/c1-4-8-7(5-10)6-11-9(2,3)12-8/h7-8,10H,4-6H2,1-3H3/t7-,8-/m1/s1. The first-order valence-electron chi connectivity index (χ1n) is 4.51. The average Bonchev–Trinajstić information content (AvgIpc) is 2.03. The maximum Gasteiger partial charge on any atom is 0.163 e. The minimum absolute atomic E-state index is 0.138. The van der Waals surface area contributed by atoms with Gasteiger partial charge in [0.2, 0.25) is 0 Å². The van der Waals surface area contributed by atoms with Gasteiger partial charge in [0.05, 0.1) is 19.3 Å². The van der Waals surface area contributed by atoms with Crippen molar-refractivity contribution in [2.75, 3.05) is 13.2 Å². The summed E-state index contributed by atoms with van der Waals surface area (Å²) in [5.74, 6) is -0.338. The zero-order valence-electron chi connectivity index (χ0n) is 8.04. The summed E-state index contributed by atoms with van der Waals surface area (Å²) in [5, 5.41) is 9.00. The van der Waals surface area contributed by atoms with Gasteiger partial charge in [-0.05, 0) is 20.3 Å². The van der Waals surface area contributed by atoms with E-state index in [1.54, 1.807) is 0 Å². The van der Waals surface area contributed by atoms with E-state index in [9.17, 15) is 0 Å². The van der Waals surface area contributed by atoms with Gasteiger partial charge in [-0.2, -0.15) is 0 Å². The highest BCUT2D eigenvalue weighted by Gasteiger charge is 2.34. The van der Waals surface area contributed by atoms with E-state index in [1.807, 2.05) is 13.8 Å². The second-order valence-electron chi connectivity index (χ2n) is 3.72. The van der Waals surface area contributed by atoms with Crippen LogP contribution in [0.15, 0.2) is 0 Å². The van der Waals surface area contributed by atoms with Crippen LogP contribution in [-0.4, -0.2) is 30.2 Å². The van der Waals surface area contributed by atoms with E-state index in [0.717, 1.165) is 6.42 Å². The molecular formula is C9H18O3. The van der Waals surface area contributed by atoms with E-state index in [-0.39, 0.29) is 18.6 Å². The smallest absolute Gasteiger partial charge is 0.163 e. The SMILES string of the molecule is CC[C@H]1OC(C)(C)OC[C@H]1CO. The molecule has 1 saturated heterocycles. The summed E-state index contributed by atoms with van der Waals surface area (Å²) in [4.78, 5) is 0. The van der Waals surface area contributed by atoms with Crippen LogP contribution in [-0.2, 0) is 9.47 Å². The molecular weight excluding hydrogens is 156 g/mol. The summed E-state index contributed by atoms with van der Waals surface area (Å²) in [5.41, 5.74) is 0. The highest BCUT2D eigenvalue weighted by atomic mass is 16.7. The second-order valence-corrected chi connectivity index (χ2v) is 3.72. The van der Waals surface area contributed by atoms with Crippen molar-refractivity contribution in [3.05, 3.63) is 0 Å². The Balaban J connectivity index is 2.53. The van der Waals surface area contributed by atoms with Crippen LogP contribution in [0, 0.1) is 5.92 Å². The number of hydrogen-bond donors (Lipinski definition) is 1.